The lowest BCUT2D eigenvalue weighted by Gasteiger charge is -2.22. The van der Waals surface area contributed by atoms with Crippen LogP contribution in [0.4, 0.5) is 0 Å². The van der Waals surface area contributed by atoms with Gasteiger partial charge in [0.05, 0.1) is 0 Å². The van der Waals surface area contributed by atoms with Crippen molar-refractivity contribution in [2.45, 2.75) is 30.9 Å². The summed E-state index contributed by atoms with van der Waals surface area (Å²) >= 11 is 4.29. The predicted octanol–water partition coefficient (Wildman–Crippen LogP) is 2.61. The van der Waals surface area contributed by atoms with Gasteiger partial charge in [-0.2, -0.15) is 23.5 Å². The molecular formula is C11H21NS2. The van der Waals surface area contributed by atoms with Crippen molar-refractivity contribution >= 4 is 23.5 Å². The minimum Gasteiger partial charge on any atom is -0.315 e. The molecule has 1 unspecified atom stereocenters. The fraction of sp³-hybridized carbons (Fsp3) is 1.00. The van der Waals surface area contributed by atoms with Crippen molar-refractivity contribution in [2.75, 3.05) is 30.3 Å². The molecule has 1 aliphatic heterocycles. The molecule has 1 nitrogen and oxygen atoms in total. The van der Waals surface area contributed by atoms with Gasteiger partial charge in [-0.15, -0.1) is 0 Å². The molecule has 1 N–H and O–H groups in total. The summed E-state index contributed by atoms with van der Waals surface area (Å²) in [6.07, 6.45) is 5.89. The van der Waals surface area contributed by atoms with E-state index in [9.17, 15) is 0 Å². The van der Waals surface area contributed by atoms with E-state index in [2.05, 4.69) is 28.8 Å². The van der Waals surface area contributed by atoms with Crippen LogP contribution in [0.25, 0.3) is 0 Å². The van der Waals surface area contributed by atoms with Crippen LogP contribution in [0.15, 0.2) is 0 Å². The van der Waals surface area contributed by atoms with E-state index in [0.29, 0.717) is 0 Å². The van der Waals surface area contributed by atoms with Gasteiger partial charge in [0.15, 0.2) is 0 Å². The Morgan fingerprint density at radius 1 is 1.07 bits per heavy atom. The van der Waals surface area contributed by atoms with Crippen LogP contribution in [0.5, 0.6) is 0 Å². The van der Waals surface area contributed by atoms with Gasteiger partial charge in [-0.05, 0) is 25.3 Å². The van der Waals surface area contributed by atoms with Crippen LogP contribution >= 0.6 is 23.5 Å². The van der Waals surface area contributed by atoms with Crippen molar-refractivity contribution < 1.29 is 0 Å². The first-order valence-electron chi connectivity index (χ1n) is 5.85. The van der Waals surface area contributed by atoms with Gasteiger partial charge in [0.1, 0.15) is 0 Å². The molecule has 0 aromatic heterocycles. The van der Waals surface area contributed by atoms with Gasteiger partial charge in [-0.1, -0.05) is 12.8 Å². The summed E-state index contributed by atoms with van der Waals surface area (Å²) in [5.41, 5.74) is 0. The van der Waals surface area contributed by atoms with Crippen molar-refractivity contribution in [3.05, 3.63) is 0 Å². The third kappa shape index (κ3) is 3.67. The van der Waals surface area contributed by atoms with Crippen molar-refractivity contribution in [3.63, 3.8) is 0 Å². The van der Waals surface area contributed by atoms with Gasteiger partial charge >= 0.3 is 0 Å². The van der Waals surface area contributed by atoms with Gasteiger partial charge < -0.3 is 5.32 Å². The Kier molecular flexibility index (Phi) is 5.01. The molecule has 0 amide bonds. The smallest absolute Gasteiger partial charge is 0.0263 e. The standard InChI is InChI=1S/C11H21NS2/c1-2-4-10(3-1)7-12-8-11-9-13-5-6-14-11/h10-12H,1-9H2. The summed E-state index contributed by atoms with van der Waals surface area (Å²) in [5, 5.41) is 4.55. The van der Waals surface area contributed by atoms with E-state index in [4.69, 9.17) is 0 Å². The molecule has 0 aromatic carbocycles. The lowest BCUT2D eigenvalue weighted by Crippen LogP contribution is -2.31. The molecular weight excluding hydrogens is 210 g/mol. The zero-order valence-electron chi connectivity index (χ0n) is 8.84. The number of hydrogen-bond acceptors (Lipinski definition) is 3. The molecule has 1 heterocycles. The molecule has 2 rings (SSSR count). The molecule has 1 saturated carbocycles. The molecule has 14 heavy (non-hydrogen) atoms. The molecule has 82 valence electrons. The Labute approximate surface area is 96.2 Å². The Morgan fingerprint density at radius 3 is 2.64 bits per heavy atom. The minimum absolute atomic E-state index is 0.884. The lowest BCUT2D eigenvalue weighted by atomic mass is 10.1. The molecule has 1 aliphatic carbocycles. The number of hydrogen-bond donors (Lipinski definition) is 1. The molecule has 0 aromatic rings. The normalized spacial score (nSPS) is 29.6. The van der Waals surface area contributed by atoms with Gasteiger partial charge in [-0.25, -0.2) is 0 Å². The van der Waals surface area contributed by atoms with E-state index in [1.54, 1.807) is 0 Å². The van der Waals surface area contributed by atoms with Gasteiger partial charge in [0, 0.05) is 29.1 Å². The molecule has 1 saturated heterocycles. The summed E-state index contributed by atoms with van der Waals surface area (Å²) in [4.78, 5) is 0. The molecule has 0 radical (unpaired) electrons. The number of thioether (sulfide) groups is 2. The highest BCUT2D eigenvalue weighted by atomic mass is 32.2. The summed E-state index contributed by atoms with van der Waals surface area (Å²) in [5.74, 6) is 5.09. The Bertz CT molecular complexity index is 151. The monoisotopic (exact) mass is 231 g/mol. The first kappa shape index (κ1) is 11.2. The lowest BCUT2D eigenvalue weighted by molar-refractivity contribution is 0.492. The van der Waals surface area contributed by atoms with E-state index in [-0.39, 0.29) is 0 Å². The first-order valence-corrected chi connectivity index (χ1v) is 8.05. The second kappa shape index (κ2) is 6.29. The largest absolute Gasteiger partial charge is 0.315 e. The average molecular weight is 231 g/mol. The Balaban J connectivity index is 1.52. The van der Waals surface area contributed by atoms with E-state index >= 15 is 0 Å². The fourth-order valence-electron chi connectivity index (χ4n) is 2.32. The Morgan fingerprint density at radius 2 is 1.93 bits per heavy atom. The van der Waals surface area contributed by atoms with E-state index in [1.165, 1.54) is 56.0 Å². The quantitative estimate of drug-likeness (QED) is 0.799. The van der Waals surface area contributed by atoms with E-state index < -0.39 is 0 Å². The van der Waals surface area contributed by atoms with Crippen LogP contribution in [0.1, 0.15) is 25.7 Å². The van der Waals surface area contributed by atoms with Crippen molar-refractivity contribution in [3.8, 4) is 0 Å². The topological polar surface area (TPSA) is 12.0 Å². The maximum Gasteiger partial charge on any atom is 0.0263 e. The second-order valence-electron chi connectivity index (χ2n) is 4.38. The van der Waals surface area contributed by atoms with Crippen LogP contribution in [0.2, 0.25) is 0 Å². The highest BCUT2D eigenvalue weighted by molar-refractivity contribution is 8.06. The molecule has 1 atom stereocenters. The van der Waals surface area contributed by atoms with Crippen LogP contribution in [-0.4, -0.2) is 35.6 Å². The fourth-order valence-corrected chi connectivity index (χ4v) is 4.96. The van der Waals surface area contributed by atoms with Crippen LogP contribution < -0.4 is 5.32 Å². The van der Waals surface area contributed by atoms with Crippen molar-refractivity contribution in [2.24, 2.45) is 5.92 Å². The summed E-state index contributed by atoms with van der Waals surface area (Å²) < 4.78 is 0. The summed E-state index contributed by atoms with van der Waals surface area (Å²) in [7, 11) is 0. The molecule has 2 fully saturated rings. The van der Waals surface area contributed by atoms with Crippen LogP contribution in [0, 0.1) is 5.92 Å². The van der Waals surface area contributed by atoms with E-state index in [1.807, 2.05) is 0 Å². The summed E-state index contributed by atoms with van der Waals surface area (Å²) in [6.45, 7) is 2.52. The zero-order valence-corrected chi connectivity index (χ0v) is 10.5. The highest BCUT2D eigenvalue weighted by Crippen LogP contribution is 2.25. The highest BCUT2D eigenvalue weighted by Gasteiger charge is 2.17. The van der Waals surface area contributed by atoms with Gasteiger partial charge in [0.2, 0.25) is 0 Å². The predicted molar refractivity (Wildman–Crippen MR) is 68.4 cm³/mol. The maximum atomic E-state index is 3.66. The molecule has 0 spiro atoms. The first-order chi connectivity index (χ1) is 6.95. The van der Waals surface area contributed by atoms with Crippen molar-refractivity contribution in [1.29, 1.82) is 0 Å². The molecule has 0 bridgehead atoms. The third-order valence-electron chi connectivity index (χ3n) is 3.16. The van der Waals surface area contributed by atoms with Gasteiger partial charge in [0.25, 0.3) is 0 Å². The summed E-state index contributed by atoms with van der Waals surface area (Å²) in [6, 6.07) is 0. The van der Waals surface area contributed by atoms with Gasteiger partial charge in [-0.3, -0.25) is 0 Å². The van der Waals surface area contributed by atoms with E-state index in [0.717, 1.165) is 11.2 Å². The maximum absolute atomic E-state index is 3.66. The SMILES string of the molecule is C1CCC(CNCC2CSCCS2)C1. The molecule has 2 aliphatic rings. The minimum atomic E-state index is 0.884. The number of rotatable bonds is 4. The Hall–Kier alpha value is 0.660. The molecule has 3 heteroatoms. The zero-order chi connectivity index (χ0) is 9.64. The van der Waals surface area contributed by atoms with Crippen LogP contribution in [-0.2, 0) is 0 Å². The average Bonchev–Trinajstić information content (AvgIpc) is 2.72. The third-order valence-corrected chi connectivity index (χ3v) is 6.01. The van der Waals surface area contributed by atoms with Crippen molar-refractivity contribution in [1.82, 2.24) is 5.32 Å². The van der Waals surface area contributed by atoms with Crippen LogP contribution in [0.3, 0.4) is 0 Å². The second-order valence-corrected chi connectivity index (χ2v) is 6.93. The number of nitrogens with one attached hydrogen (secondary N) is 1.